The van der Waals surface area contributed by atoms with Gasteiger partial charge in [-0.1, -0.05) is 29.8 Å². The van der Waals surface area contributed by atoms with E-state index >= 15 is 0 Å². The summed E-state index contributed by atoms with van der Waals surface area (Å²) in [6, 6.07) is 11.2. The second-order valence-electron chi connectivity index (χ2n) is 4.22. The summed E-state index contributed by atoms with van der Waals surface area (Å²) in [5, 5.41) is 9.53. The maximum absolute atomic E-state index is 9.02. The topological polar surface area (TPSA) is 29.5 Å². The lowest BCUT2D eigenvalue weighted by Gasteiger charge is -2.12. The Morgan fingerprint density at radius 2 is 1.89 bits per heavy atom. The first-order valence-corrected chi connectivity index (χ1v) is 6.13. The van der Waals surface area contributed by atoms with Crippen molar-refractivity contribution in [1.82, 2.24) is 0 Å². The fourth-order valence-electron chi connectivity index (χ4n) is 1.68. The minimum absolute atomic E-state index is 0.0243. The third-order valence-electron chi connectivity index (χ3n) is 2.95. The summed E-state index contributed by atoms with van der Waals surface area (Å²) in [5.41, 5.74) is 3.05. The molecule has 0 aliphatic heterocycles. The van der Waals surface area contributed by atoms with Crippen molar-refractivity contribution in [2.75, 3.05) is 0 Å². The molecule has 2 nitrogen and oxygen atoms in total. The molecule has 0 bridgehead atoms. The molecule has 94 valence electrons. The highest BCUT2D eigenvalue weighted by atomic mass is 35.5. The van der Waals surface area contributed by atoms with Gasteiger partial charge in [0.25, 0.3) is 0 Å². The van der Waals surface area contributed by atoms with Crippen LogP contribution in [0.1, 0.15) is 16.7 Å². The molecule has 0 aromatic heterocycles. The Labute approximate surface area is 112 Å². The molecule has 0 fully saturated rings. The Bertz CT molecular complexity index is 564. The van der Waals surface area contributed by atoms with E-state index in [1.54, 1.807) is 18.2 Å². The third-order valence-corrected chi connectivity index (χ3v) is 3.25. The highest BCUT2D eigenvalue weighted by Crippen LogP contribution is 2.32. The molecule has 1 N–H and O–H groups in total. The number of rotatable bonds is 3. The number of hydrogen-bond acceptors (Lipinski definition) is 2. The predicted octanol–water partition coefficient (Wildman–Crippen LogP) is 4.24. The molecule has 0 radical (unpaired) electrons. The molecule has 2 aromatic carbocycles. The average molecular weight is 263 g/mol. The first-order valence-electron chi connectivity index (χ1n) is 5.75. The first kappa shape index (κ1) is 12.9. The number of hydrogen-bond donors (Lipinski definition) is 1. The molecule has 3 heteroatoms. The summed E-state index contributed by atoms with van der Waals surface area (Å²) in [5.74, 6) is 1.40. The fraction of sp³-hybridized carbons (Fsp3) is 0.200. The molecule has 18 heavy (non-hydrogen) atoms. The van der Waals surface area contributed by atoms with Gasteiger partial charge >= 0.3 is 0 Å². The number of benzene rings is 2. The molecule has 0 unspecified atom stereocenters. The van der Waals surface area contributed by atoms with Gasteiger partial charge in [-0.15, -0.1) is 0 Å². The van der Waals surface area contributed by atoms with Crippen molar-refractivity contribution >= 4 is 11.6 Å². The van der Waals surface area contributed by atoms with E-state index < -0.39 is 0 Å². The fourth-order valence-corrected chi connectivity index (χ4v) is 1.92. The normalized spacial score (nSPS) is 10.4. The zero-order chi connectivity index (χ0) is 13.1. The highest BCUT2D eigenvalue weighted by Gasteiger charge is 2.07. The van der Waals surface area contributed by atoms with Crippen LogP contribution in [0.4, 0.5) is 0 Å². The summed E-state index contributed by atoms with van der Waals surface area (Å²) in [4.78, 5) is 0. The number of ether oxygens (including phenoxy) is 1. The van der Waals surface area contributed by atoms with Gasteiger partial charge in [0.15, 0.2) is 0 Å². The van der Waals surface area contributed by atoms with Gasteiger partial charge in [-0.05, 0) is 48.7 Å². The van der Waals surface area contributed by atoms with Crippen LogP contribution in [-0.2, 0) is 6.61 Å². The van der Waals surface area contributed by atoms with E-state index in [-0.39, 0.29) is 6.61 Å². The van der Waals surface area contributed by atoms with Crippen molar-refractivity contribution in [3.8, 4) is 11.5 Å². The van der Waals surface area contributed by atoms with E-state index in [0.717, 1.165) is 16.9 Å². The SMILES string of the molecule is Cc1cccc(Oc2ccc(CO)cc2Cl)c1C. The van der Waals surface area contributed by atoms with Crippen molar-refractivity contribution in [1.29, 1.82) is 0 Å². The van der Waals surface area contributed by atoms with E-state index in [1.807, 2.05) is 32.0 Å². The molecule has 0 aliphatic carbocycles. The van der Waals surface area contributed by atoms with Gasteiger partial charge < -0.3 is 9.84 Å². The van der Waals surface area contributed by atoms with E-state index in [2.05, 4.69) is 0 Å². The first-order chi connectivity index (χ1) is 8.61. The zero-order valence-corrected chi connectivity index (χ0v) is 11.2. The quantitative estimate of drug-likeness (QED) is 0.896. The lowest BCUT2D eigenvalue weighted by atomic mass is 10.1. The zero-order valence-electron chi connectivity index (χ0n) is 10.4. The van der Waals surface area contributed by atoms with Crippen LogP contribution < -0.4 is 4.74 Å². The van der Waals surface area contributed by atoms with Crippen LogP contribution in [0.3, 0.4) is 0 Å². The van der Waals surface area contributed by atoms with Crippen LogP contribution in [0.5, 0.6) is 11.5 Å². The Morgan fingerprint density at radius 1 is 1.11 bits per heavy atom. The molecule has 0 saturated carbocycles. The summed E-state index contributed by atoms with van der Waals surface area (Å²) in [7, 11) is 0. The van der Waals surface area contributed by atoms with Gasteiger partial charge in [-0.2, -0.15) is 0 Å². The third kappa shape index (κ3) is 2.66. The molecule has 0 amide bonds. The van der Waals surface area contributed by atoms with Crippen LogP contribution in [0.25, 0.3) is 0 Å². The van der Waals surface area contributed by atoms with Crippen LogP contribution in [-0.4, -0.2) is 5.11 Å². The lowest BCUT2D eigenvalue weighted by Crippen LogP contribution is -1.91. The van der Waals surface area contributed by atoms with E-state index in [0.29, 0.717) is 10.8 Å². The molecule has 0 aliphatic rings. The molecule has 2 rings (SSSR count). The highest BCUT2D eigenvalue weighted by molar-refractivity contribution is 6.32. The lowest BCUT2D eigenvalue weighted by molar-refractivity contribution is 0.281. The van der Waals surface area contributed by atoms with Gasteiger partial charge in [-0.3, -0.25) is 0 Å². The van der Waals surface area contributed by atoms with Crippen molar-refractivity contribution in [3.63, 3.8) is 0 Å². The van der Waals surface area contributed by atoms with Crippen LogP contribution in [0.2, 0.25) is 5.02 Å². The summed E-state index contributed by atoms with van der Waals surface area (Å²) >= 11 is 6.11. The largest absolute Gasteiger partial charge is 0.456 e. The number of aryl methyl sites for hydroxylation is 1. The van der Waals surface area contributed by atoms with Crippen molar-refractivity contribution in [3.05, 3.63) is 58.1 Å². The maximum Gasteiger partial charge on any atom is 0.146 e. The second-order valence-corrected chi connectivity index (χ2v) is 4.63. The summed E-state index contributed by atoms with van der Waals surface area (Å²) in [6.45, 7) is 4.03. The smallest absolute Gasteiger partial charge is 0.146 e. The number of aliphatic hydroxyl groups is 1. The Kier molecular flexibility index (Phi) is 3.90. The van der Waals surface area contributed by atoms with Crippen molar-refractivity contribution in [2.24, 2.45) is 0 Å². The second kappa shape index (κ2) is 5.42. The molecular weight excluding hydrogens is 248 g/mol. The van der Waals surface area contributed by atoms with E-state index in [9.17, 15) is 0 Å². The number of aliphatic hydroxyl groups excluding tert-OH is 1. The molecule has 0 spiro atoms. The van der Waals surface area contributed by atoms with Crippen LogP contribution >= 0.6 is 11.6 Å². The molecular formula is C15H15ClO2. The monoisotopic (exact) mass is 262 g/mol. The molecule has 0 heterocycles. The predicted molar refractivity (Wildman–Crippen MR) is 73.4 cm³/mol. The Morgan fingerprint density at radius 3 is 2.56 bits per heavy atom. The van der Waals surface area contributed by atoms with Crippen LogP contribution in [0, 0.1) is 13.8 Å². The average Bonchev–Trinajstić information content (AvgIpc) is 2.37. The molecule has 2 aromatic rings. The van der Waals surface area contributed by atoms with Crippen molar-refractivity contribution in [2.45, 2.75) is 20.5 Å². The standard InChI is InChI=1S/C15H15ClO2/c1-10-4-3-5-14(11(10)2)18-15-7-6-12(9-17)8-13(15)16/h3-8,17H,9H2,1-2H3. The summed E-state index contributed by atoms with van der Waals surface area (Å²) < 4.78 is 5.81. The Balaban J connectivity index is 2.31. The van der Waals surface area contributed by atoms with Gasteiger partial charge in [-0.25, -0.2) is 0 Å². The van der Waals surface area contributed by atoms with Gasteiger partial charge in [0.1, 0.15) is 11.5 Å². The van der Waals surface area contributed by atoms with E-state index in [4.69, 9.17) is 21.4 Å². The van der Waals surface area contributed by atoms with E-state index in [1.165, 1.54) is 5.56 Å². The molecule has 0 atom stereocenters. The van der Waals surface area contributed by atoms with Crippen molar-refractivity contribution < 1.29 is 9.84 Å². The van der Waals surface area contributed by atoms with Gasteiger partial charge in [0, 0.05) is 0 Å². The Hall–Kier alpha value is -1.51. The minimum Gasteiger partial charge on any atom is -0.456 e. The summed E-state index contributed by atoms with van der Waals surface area (Å²) in [6.07, 6.45) is 0. The van der Waals surface area contributed by atoms with Gasteiger partial charge in [0.2, 0.25) is 0 Å². The minimum atomic E-state index is -0.0243. The number of halogens is 1. The maximum atomic E-state index is 9.02. The molecule has 0 saturated heterocycles. The van der Waals surface area contributed by atoms with Gasteiger partial charge in [0.05, 0.1) is 11.6 Å². The van der Waals surface area contributed by atoms with Crippen LogP contribution in [0.15, 0.2) is 36.4 Å².